The predicted octanol–water partition coefficient (Wildman–Crippen LogP) is 4.68. The number of nitrogens with one attached hydrogen (secondary N) is 2. The first-order valence-electron chi connectivity index (χ1n) is 9.21. The minimum absolute atomic E-state index is 0.0415. The number of ether oxygens (including phenoxy) is 1. The third-order valence-electron chi connectivity index (χ3n) is 4.85. The van der Waals surface area contributed by atoms with Crippen molar-refractivity contribution in [3.8, 4) is 11.5 Å². The second-order valence-electron chi connectivity index (χ2n) is 6.76. The Hall–Kier alpha value is -2.79. The van der Waals surface area contributed by atoms with Gasteiger partial charge in [0.15, 0.2) is 6.17 Å². The van der Waals surface area contributed by atoms with Crippen LogP contribution < -0.4 is 15.5 Å². The molecule has 0 aliphatic carbocycles. The van der Waals surface area contributed by atoms with Gasteiger partial charge in [-0.1, -0.05) is 28.1 Å². The van der Waals surface area contributed by atoms with Gasteiger partial charge >= 0.3 is 0 Å². The number of phenols is 1. The summed E-state index contributed by atoms with van der Waals surface area (Å²) >= 11 is 5.45. The van der Waals surface area contributed by atoms with Gasteiger partial charge in [0, 0.05) is 19.3 Å². The smallest absolute Gasteiger partial charge is 0.276 e. The number of fused-ring (bicyclic) bond motifs is 1. The van der Waals surface area contributed by atoms with Crippen molar-refractivity contribution < 1.29 is 19.4 Å². The number of phenolic OH excluding ortho intramolecular Hbond substituents is 1. The number of rotatable bonds is 4. The van der Waals surface area contributed by atoms with Gasteiger partial charge in [-0.2, -0.15) is 0 Å². The molecule has 2 amide bonds. The Balaban J connectivity index is 1.79. The molecule has 9 heteroatoms. The largest absolute Gasteiger partial charge is 0.508 e. The fourth-order valence-electron chi connectivity index (χ4n) is 3.30. The van der Waals surface area contributed by atoms with E-state index in [4.69, 9.17) is 4.74 Å². The molecule has 0 aromatic heterocycles. The highest BCUT2D eigenvalue weighted by Crippen LogP contribution is 2.38. The molecule has 158 valence electrons. The van der Waals surface area contributed by atoms with Crippen LogP contribution in [0.4, 0.5) is 5.69 Å². The van der Waals surface area contributed by atoms with E-state index in [1.807, 2.05) is 18.2 Å². The number of carbonyl (C=O) groups is 2. The van der Waals surface area contributed by atoms with Gasteiger partial charge in [-0.15, -0.1) is 0 Å². The summed E-state index contributed by atoms with van der Waals surface area (Å²) in [6, 6.07) is 17.0. The second kappa shape index (κ2) is 8.75. The van der Waals surface area contributed by atoms with E-state index >= 15 is 0 Å². The summed E-state index contributed by atoms with van der Waals surface area (Å²) < 4.78 is 6.76. The molecule has 7 nitrogen and oxygen atoms in total. The van der Waals surface area contributed by atoms with Crippen molar-refractivity contribution in [3.63, 3.8) is 0 Å². The molecule has 1 atom stereocenters. The molecule has 1 aliphatic rings. The maximum atomic E-state index is 13.4. The molecule has 31 heavy (non-hydrogen) atoms. The number of halogens is 2. The molecule has 0 bridgehead atoms. The number of amides is 2. The lowest BCUT2D eigenvalue weighted by molar-refractivity contribution is 0.0488. The summed E-state index contributed by atoms with van der Waals surface area (Å²) in [7, 11) is 1.51. The maximum absolute atomic E-state index is 13.4. The minimum Gasteiger partial charge on any atom is -0.508 e. The highest BCUT2D eigenvalue weighted by Gasteiger charge is 2.36. The number of hydrazine groups is 1. The van der Waals surface area contributed by atoms with E-state index < -0.39 is 18.0 Å². The summed E-state index contributed by atoms with van der Waals surface area (Å²) in [4.78, 5) is 26.4. The highest BCUT2D eigenvalue weighted by atomic mass is 127. The average molecular weight is 594 g/mol. The van der Waals surface area contributed by atoms with Crippen LogP contribution in [-0.4, -0.2) is 29.0 Å². The molecule has 3 N–H and O–H groups in total. The van der Waals surface area contributed by atoms with E-state index in [0.29, 0.717) is 28.1 Å². The van der Waals surface area contributed by atoms with E-state index in [-0.39, 0.29) is 5.75 Å². The standard InChI is InChI=1S/C22H17BrIN3O4/c1-31-13-7-9-19(28)16(11-13)20-25-18-8-6-12(23)10-15(18)22(30)27(20)26-21(29)14-4-2-3-5-17(14)24/h2-11,20,25,28H,1H3,(H,26,29)/t20-/m0/s1. The Labute approximate surface area is 200 Å². The van der Waals surface area contributed by atoms with E-state index in [2.05, 4.69) is 49.3 Å². The molecule has 3 aromatic rings. The summed E-state index contributed by atoms with van der Waals surface area (Å²) in [5.41, 5.74) is 4.49. The third-order valence-corrected chi connectivity index (χ3v) is 6.28. The van der Waals surface area contributed by atoms with Gasteiger partial charge in [0.25, 0.3) is 11.8 Å². The fourth-order valence-corrected chi connectivity index (χ4v) is 4.30. The van der Waals surface area contributed by atoms with Crippen LogP contribution in [0.25, 0.3) is 0 Å². The third kappa shape index (κ3) is 4.19. The quantitative estimate of drug-likeness (QED) is 0.382. The lowest BCUT2D eigenvalue weighted by atomic mass is 10.0. The van der Waals surface area contributed by atoms with E-state index in [1.165, 1.54) is 18.2 Å². The first kappa shape index (κ1) is 21.4. The number of aromatic hydroxyl groups is 1. The van der Waals surface area contributed by atoms with Crippen LogP contribution in [0.2, 0.25) is 0 Å². The molecule has 3 aromatic carbocycles. The van der Waals surface area contributed by atoms with Crippen LogP contribution in [0.1, 0.15) is 32.4 Å². The zero-order chi connectivity index (χ0) is 22.1. The number of hydrogen-bond acceptors (Lipinski definition) is 5. The number of nitrogens with zero attached hydrogens (tertiary/aromatic N) is 1. The Bertz CT molecular complexity index is 1190. The van der Waals surface area contributed by atoms with Crippen LogP contribution in [0, 0.1) is 3.57 Å². The zero-order valence-corrected chi connectivity index (χ0v) is 20.0. The molecule has 0 radical (unpaired) electrons. The number of benzene rings is 3. The molecular formula is C22H17BrIN3O4. The second-order valence-corrected chi connectivity index (χ2v) is 8.84. The monoisotopic (exact) mass is 593 g/mol. The summed E-state index contributed by atoms with van der Waals surface area (Å²) in [6.07, 6.45) is -0.860. The molecule has 0 saturated carbocycles. The van der Waals surface area contributed by atoms with E-state index in [0.717, 1.165) is 8.04 Å². The Kier molecular flexibility index (Phi) is 6.05. The lowest BCUT2D eigenvalue weighted by Crippen LogP contribution is -2.53. The van der Waals surface area contributed by atoms with Gasteiger partial charge in [-0.3, -0.25) is 15.0 Å². The van der Waals surface area contributed by atoms with E-state index in [1.54, 1.807) is 36.4 Å². The molecule has 0 unspecified atom stereocenters. The Morgan fingerprint density at radius 1 is 1.19 bits per heavy atom. The predicted molar refractivity (Wildman–Crippen MR) is 128 cm³/mol. The van der Waals surface area contributed by atoms with Gasteiger partial charge in [0.2, 0.25) is 0 Å². The molecule has 1 heterocycles. The molecule has 1 aliphatic heterocycles. The van der Waals surface area contributed by atoms with Crippen molar-refractivity contribution >= 4 is 56.0 Å². The van der Waals surface area contributed by atoms with Crippen LogP contribution >= 0.6 is 38.5 Å². The van der Waals surface area contributed by atoms with Gasteiger partial charge < -0.3 is 15.2 Å². The van der Waals surface area contributed by atoms with Crippen molar-refractivity contribution in [2.75, 3.05) is 12.4 Å². The van der Waals surface area contributed by atoms with Gasteiger partial charge in [-0.05, 0) is 71.1 Å². The van der Waals surface area contributed by atoms with Crippen molar-refractivity contribution in [2.45, 2.75) is 6.17 Å². The highest BCUT2D eigenvalue weighted by molar-refractivity contribution is 14.1. The van der Waals surface area contributed by atoms with Crippen LogP contribution in [-0.2, 0) is 0 Å². The molecule has 0 fully saturated rings. The van der Waals surface area contributed by atoms with Crippen molar-refractivity contribution in [1.82, 2.24) is 10.4 Å². The van der Waals surface area contributed by atoms with Gasteiger partial charge in [-0.25, -0.2) is 5.01 Å². The summed E-state index contributed by atoms with van der Waals surface area (Å²) in [5.74, 6) is -0.389. The topological polar surface area (TPSA) is 90.9 Å². The van der Waals surface area contributed by atoms with Crippen molar-refractivity contribution in [1.29, 1.82) is 0 Å². The number of hydrogen-bond donors (Lipinski definition) is 3. The van der Waals surface area contributed by atoms with Crippen molar-refractivity contribution in [3.05, 3.63) is 85.4 Å². The Morgan fingerprint density at radius 2 is 1.97 bits per heavy atom. The SMILES string of the molecule is COc1ccc(O)c([C@H]2Nc3ccc(Br)cc3C(=O)N2NC(=O)c2ccccc2I)c1. The average Bonchev–Trinajstić information content (AvgIpc) is 2.76. The van der Waals surface area contributed by atoms with Crippen LogP contribution in [0.15, 0.2) is 65.1 Å². The first-order valence-corrected chi connectivity index (χ1v) is 11.1. The molecular weight excluding hydrogens is 577 g/mol. The zero-order valence-electron chi connectivity index (χ0n) is 16.2. The number of anilines is 1. The number of methoxy groups -OCH3 is 1. The lowest BCUT2D eigenvalue weighted by Gasteiger charge is -2.38. The fraction of sp³-hybridized carbons (Fsp3) is 0.0909. The van der Waals surface area contributed by atoms with E-state index in [9.17, 15) is 14.7 Å². The summed E-state index contributed by atoms with van der Waals surface area (Å²) in [6.45, 7) is 0. The molecule has 0 spiro atoms. The maximum Gasteiger partial charge on any atom is 0.276 e. The number of carbonyl (C=O) groups excluding carboxylic acids is 2. The molecule has 4 rings (SSSR count). The summed E-state index contributed by atoms with van der Waals surface area (Å²) in [5, 5.41) is 14.9. The minimum atomic E-state index is -0.860. The van der Waals surface area contributed by atoms with Gasteiger partial charge in [0.05, 0.1) is 18.2 Å². The molecule has 0 saturated heterocycles. The van der Waals surface area contributed by atoms with Gasteiger partial charge in [0.1, 0.15) is 11.5 Å². The first-order chi connectivity index (χ1) is 14.9. The Morgan fingerprint density at radius 3 is 2.71 bits per heavy atom. The van der Waals surface area contributed by atoms with Crippen molar-refractivity contribution in [2.24, 2.45) is 0 Å². The van der Waals surface area contributed by atoms with Crippen LogP contribution in [0.3, 0.4) is 0 Å². The normalized spacial score (nSPS) is 15.1. The van der Waals surface area contributed by atoms with Crippen LogP contribution in [0.5, 0.6) is 11.5 Å².